The van der Waals surface area contributed by atoms with Crippen molar-refractivity contribution in [2.45, 2.75) is 0 Å². The average molecular weight is 182 g/mol. The highest BCUT2D eigenvalue weighted by molar-refractivity contribution is 8.04. The molecular formula is Cl3NP2. The maximum absolute atomic E-state index is 5.15. The molecule has 0 radical (unpaired) electrons. The fraction of sp³-hybridized carbons (Fsp3) is 0. The lowest BCUT2D eigenvalue weighted by Gasteiger charge is -1.78. The molecule has 0 aliphatic heterocycles. The van der Waals surface area contributed by atoms with Gasteiger partial charge in [0, 0.05) is 0 Å². The van der Waals surface area contributed by atoms with Gasteiger partial charge in [0.15, 0.2) is 0 Å². The smallest absolute Gasteiger partial charge is 0.195 e. The molecule has 6 heteroatoms. The molecule has 0 aliphatic carbocycles. The Hall–Kier alpha value is 1.40. The molecule has 0 atom stereocenters. The van der Waals surface area contributed by atoms with Gasteiger partial charge in [0.25, 0.3) is 0 Å². The van der Waals surface area contributed by atoms with Crippen molar-refractivity contribution in [3.05, 3.63) is 0 Å². The second kappa shape index (κ2) is 4.56. The molecule has 0 saturated carbocycles. The van der Waals surface area contributed by atoms with Crippen molar-refractivity contribution in [1.29, 1.82) is 0 Å². The van der Waals surface area contributed by atoms with Gasteiger partial charge < -0.3 is 0 Å². The number of nitrogens with zero attached hydrogens (tertiary/aromatic N) is 1. The molecule has 0 aliphatic rings. The second-order valence-electron chi connectivity index (χ2n) is 0.380. The van der Waals surface area contributed by atoms with Gasteiger partial charge in [0.2, 0.25) is 6.78 Å². The molecule has 36 valence electrons. The van der Waals surface area contributed by atoms with Crippen molar-refractivity contribution in [1.82, 2.24) is 0 Å². The SMILES string of the molecule is ClP=NP(Cl)Cl. The molecule has 0 heterocycles. The van der Waals surface area contributed by atoms with Crippen LogP contribution in [0.4, 0.5) is 0 Å². The summed E-state index contributed by atoms with van der Waals surface area (Å²) in [5.74, 6) is 0. The lowest BCUT2D eigenvalue weighted by atomic mass is 13.9. The van der Waals surface area contributed by atoms with Gasteiger partial charge in [-0.1, -0.05) is 22.5 Å². The lowest BCUT2D eigenvalue weighted by molar-refractivity contribution is 2.09. The van der Waals surface area contributed by atoms with E-state index in [1.54, 1.807) is 0 Å². The van der Waals surface area contributed by atoms with Gasteiger partial charge in [-0.25, -0.2) is 0 Å². The summed E-state index contributed by atoms with van der Waals surface area (Å²) in [6.45, 7) is -1.18. The number of rotatable bonds is 1. The maximum Gasteiger partial charge on any atom is 0.212 e. The molecule has 0 fully saturated rings. The van der Waals surface area contributed by atoms with E-state index in [1.807, 2.05) is 0 Å². The van der Waals surface area contributed by atoms with E-state index in [-0.39, 0.29) is 0 Å². The minimum absolute atomic E-state index is 0.386. The van der Waals surface area contributed by atoms with Crippen LogP contribution in [0.5, 0.6) is 0 Å². The molecule has 6 heavy (non-hydrogen) atoms. The zero-order chi connectivity index (χ0) is 4.99. The van der Waals surface area contributed by atoms with Gasteiger partial charge in [0.1, 0.15) is 7.73 Å². The van der Waals surface area contributed by atoms with Gasteiger partial charge in [-0.3, -0.25) is 0 Å². The molecule has 0 unspecified atom stereocenters. The first-order valence-corrected chi connectivity index (χ1v) is 5.76. The predicted octanol–water partition coefficient (Wildman–Crippen LogP) is 3.97. The van der Waals surface area contributed by atoms with E-state index in [1.165, 1.54) is 0 Å². The van der Waals surface area contributed by atoms with Crippen LogP contribution in [0.2, 0.25) is 0 Å². The summed E-state index contributed by atoms with van der Waals surface area (Å²) in [6, 6.07) is 0. The quantitative estimate of drug-likeness (QED) is 0.544. The topological polar surface area (TPSA) is 12.4 Å². The summed E-state index contributed by atoms with van der Waals surface area (Å²) in [5, 5.41) is 0. The Morgan fingerprint density at radius 1 is 1.50 bits per heavy atom. The Morgan fingerprint density at radius 2 is 2.00 bits per heavy atom. The monoisotopic (exact) mass is 181 g/mol. The zero-order valence-corrected chi connectivity index (χ0v) is 6.53. The Morgan fingerprint density at radius 3 is 2.00 bits per heavy atom. The average Bonchev–Trinajstić information content (AvgIpc) is 1.35. The van der Waals surface area contributed by atoms with Crippen molar-refractivity contribution >= 4 is 48.2 Å². The van der Waals surface area contributed by atoms with Crippen LogP contribution in [0, 0.1) is 0 Å². The third kappa shape index (κ3) is 5.40. The van der Waals surface area contributed by atoms with Crippen LogP contribution < -0.4 is 0 Å². The minimum atomic E-state index is -1.18. The molecule has 0 bridgehead atoms. The highest BCUT2D eigenvalue weighted by Crippen LogP contribution is 2.50. The largest absolute Gasteiger partial charge is 0.212 e. The zero-order valence-electron chi connectivity index (χ0n) is 2.48. The van der Waals surface area contributed by atoms with Crippen LogP contribution in [0.25, 0.3) is 0 Å². The third-order valence-corrected chi connectivity index (χ3v) is 2.74. The fourth-order valence-electron chi connectivity index (χ4n) is 0.0256. The van der Waals surface area contributed by atoms with E-state index >= 15 is 0 Å². The van der Waals surface area contributed by atoms with Crippen molar-refractivity contribution in [3.63, 3.8) is 0 Å². The van der Waals surface area contributed by atoms with Crippen LogP contribution in [0.1, 0.15) is 0 Å². The van der Waals surface area contributed by atoms with E-state index in [0.717, 1.165) is 0 Å². The van der Waals surface area contributed by atoms with E-state index in [9.17, 15) is 0 Å². The van der Waals surface area contributed by atoms with Gasteiger partial charge in [0.05, 0.1) is 0 Å². The molecule has 0 N–H and O–H groups in total. The third-order valence-electron chi connectivity index (χ3n) is 0.101. The molecule has 0 aromatic carbocycles. The molecule has 0 saturated heterocycles. The van der Waals surface area contributed by atoms with Crippen molar-refractivity contribution in [3.8, 4) is 0 Å². The maximum atomic E-state index is 5.15. The first kappa shape index (κ1) is 7.40. The van der Waals surface area contributed by atoms with Crippen molar-refractivity contribution < 1.29 is 0 Å². The normalized spacial score (nSPS) is 11.3. The van der Waals surface area contributed by atoms with E-state index in [4.69, 9.17) is 33.7 Å². The Kier molecular flexibility index (Phi) is 5.62. The predicted molar refractivity (Wildman–Crippen MR) is 33.8 cm³/mol. The molecule has 0 rings (SSSR count). The molecule has 0 spiro atoms. The number of hydrogen-bond donors (Lipinski definition) is 0. The van der Waals surface area contributed by atoms with Crippen molar-refractivity contribution in [2.75, 3.05) is 0 Å². The Balaban J connectivity index is 3.03. The summed E-state index contributed by atoms with van der Waals surface area (Å²) in [7, 11) is 0.386. The van der Waals surface area contributed by atoms with Gasteiger partial charge in [-0.05, 0) is 11.2 Å². The number of halogens is 3. The van der Waals surface area contributed by atoms with Gasteiger partial charge in [-0.2, -0.15) is 4.52 Å². The van der Waals surface area contributed by atoms with Crippen molar-refractivity contribution in [2.24, 2.45) is 4.52 Å². The van der Waals surface area contributed by atoms with Crippen LogP contribution >= 0.6 is 48.2 Å². The molecule has 0 aromatic heterocycles. The minimum Gasteiger partial charge on any atom is -0.195 e. The van der Waals surface area contributed by atoms with E-state index in [0.29, 0.717) is 7.73 Å². The van der Waals surface area contributed by atoms with Gasteiger partial charge >= 0.3 is 0 Å². The molecular weight excluding hydrogens is 182 g/mol. The first-order valence-electron chi connectivity index (χ1n) is 0.907. The first-order chi connectivity index (χ1) is 2.77. The van der Waals surface area contributed by atoms with Crippen LogP contribution in [-0.4, -0.2) is 0 Å². The molecule has 1 nitrogen and oxygen atoms in total. The fourth-order valence-corrected chi connectivity index (χ4v) is 2.07. The summed E-state index contributed by atoms with van der Waals surface area (Å²) in [4.78, 5) is 0. The summed E-state index contributed by atoms with van der Waals surface area (Å²) < 4.78 is 3.46. The standard InChI is InChI=1S/Cl3NP2/c1-5-4-6(2)3. The van der Waals surface area contributed by atoms with Gasteiger partial charge in [-0.15, -0.1) is 0 Å². The lowest BCUT2D eigenvalue weighted by Crippen LogP contribution is -1.18. The molecule has 0 aromatic rings. The second-order valence-corrected chi connectivity index (χ2v) is 4.57. The van der Waals surface area contributed by atoms with Crippen LogP contribution in [0.15, 0.2) is 4.52 Å². The Bertz CT molecular complexity index is 50.8. The summed E-state index contributed by atoms with van der Waals surface area (Å²) in [6.07, 6.45) is 0. The van der Waals surface area contributed by atoms with E-state index in [2.05, 4.69) is 4.52 Å². The van der Waals surface area contributed by atoms with Crippen LogP contribution in [-0.2, 0) is 0 Å². The molecule has 0 amide bonds. The highest BCUT2D eigenvalue weighted by Gasteiger charge is 1.87. The summed E-state index contributed by atoms with van der Waals surface area (Å²) >= 11 is 15.3. The Labute approximate surface area is 53.0 Å². The summed E-state index contributed by atoms with van der Waals surface area (Å²) in [5.41, 5.74) is 0. The number of hydrogen-bond acceptors (Lipinski definition) is 1. The van der Waals surface area contributed by atoms with Crippen LogP contribution in [0.3, 0.4) is 0 Å². The highest BCUT2D eigenvalue weighted by atomic mass is 35.9. The van der Waals surface area contributed by atoms with E-state index < -0.39 is 6.78 Å².